The maximum Gasteiger partial charge on any atom is 0.222 e. The van der Waals surface area contributed by atoms with E-state index < -0.39 is 0 Å². The number of rotatable bonds is 4. The molecule has 1 heterocycles. The number of hydrogen-bond acceptors (Lipinski definition) is 4. The minimum Gasteiger partial charge on any atom is -0.341 e. The topological polar surface area (TPSA) is 81.2 Å². The van der Waals surface area contributed by atoms with E-state index in [1.807, 2.05) is 47.3 Å². The second kappa shape index (κ2) is 14.0. The Balaban J connectivity index is 2.99. The van der Waals surface area contributed by atoms with Crippen molar-refractivity contribution in [3.8, 4) is 0 Å². The van der Waals surface area contributed by atoms with Crippen molar-refractivity contribution in [1.82, 2.24) is 19.6 Å². The molecule has 0 saturated carbocycles. The van der Waals surface area contributed by atoms with Gasteiger partial charge in [-0.05, 0) is 12.8 Å². The van der Waals surface area contributed by atoms with Gasteiger partial charge in [-0.1, -0.05) is 27.7 Å². The van der Waals surface area contributed by atoms with Gasteiger partial charge >= 0.3 is 0 Å². The molecule has 0 radical (unpaired) electrons. The maximum absolute atomic E-state index is 12.4. The summed E-state index contributed by atoms with van der Waals surface area (Å²) in [6, 6.07) is 0. The van der Waals surface area contributed by atoms with E-state index in [0.29, 0.717) is 90.9 Å². The number of hydrogen-bond donors (Lipinski definition) is 0. The summed E-state index contributed by atoms with van der Waals surface area (Å²) in [4.78, 5) is 56.7. The van der Waals surface area contributed by atoms with E-state index in [4.69, 9.17) is 0 Å². The lowest BCUT2D eigenvalue weighted by atomic mass is 10.2. The fraction of sp³-hybridized carbons (Fsp3) is 0.818. The second-order valence-electron chi connectivity index (χ2n) is 7.64. The first-order valence-electron chi connectivity index (χ1n) is 11.5. The molecular formula is C22H40N4O4. The molecule has 1 rings (SSSR count). The van der Waals surface area contributed by atoms with Gasteiger partial charge in [0.05, 0.1) is 0 Å². The third-order valence-electron chi connectivity index (χ3n) is 5.61. The van der Waals surface area contributed by atoms with Crippen LogP contribution >= 0.6 is 0 Å². The van der Waals surface area contributed by atoms with E-state index in [2.05, 4.69) is 0 Å². The van der Waals surface area contributed by atoms with Crippen molar-refractivity contribution in [2.45, 2.75) is 66.2 Å². The summed E-state index contributed by atoms with van der Waals surface area (Å²) in [5, 5.41) is 0. The first-order valence-corrected chi connectivity index (χ1v) is 11.5. The van der Waals surface area contributed by atoms with Crippen molar-refractivity contribution in [3.05, 3.63) is 0 Å². The third-order valence-corrected chi connectivity index (χ3v) is 5.61. The fourth-order valence-electron chi connectivity index (χ4n) is 3.73. The third kappa shape index (κ3) is 8.32. The van der Waals surface area contributed by atoms with Gasteiger partial charge in [-0.25, -0.2) is 0 Å². The van der Waals surface area contributed by atoms with Gasteiger partial charge < -0.3 is 19.6 Å². The molecule has 0 aromatic rings. The van der Waals surface area contributed by atoms with Gasteiger partial charge in [0, 0.05) is 78.0 Å². The van der Waals surface area contributed by atoms with Gasteiger partial charge in [-0.15, -0.1) is 0 Å². The second-order valence-corrected chi connectivity index (χ2v) is 7.64. The van der Waals surface area contributed by atoms with Crippen LogP contribution < -0.4 is 0 Å². The number of carbonyl (C=O) groups is 4. The largest absolute Gasteiger partial charge is 0.341 e. The maximum atomic E-state index is 12.4. The highest BCUT2D eigenvalue weighted by atomic mass is 16.2. The minimum absolute atomic E-state index is 0.0686. The average Bonchev–Trinajstić information content (AvgIpc) is 2.77. The molecule has 0 spiro atoms. The molecule has 1 aliphatic rings. The molecule has 30 heavy (non-hydrogen) atoms. The van der Waals surface area contributed by atoms with E-state index in [1.165, 1.54) is 0 Å². The van der Waals surface area contributed by atoms with Gasteiger partial charge in [-0.3, -0.25) is 19.2 Å². The smallest absolute Gasteiger partial charge is 0.222 e. The SMILES string of the molecule is CCC(=O)N1CCCN(C(=O)CC)CCN(C(=O)CC)CCCN(C(=O)CC)CC1. The van der Waals surface area contributed by atoms with E-state index in [1.54, 1.807) is 0 Å². The molecule has 4 amide bonds. The highest BCUT2D eigenvalue weighted by molar-refractivity contribution is 5.78. The molecule has 8 nitrogen and oxygen atoms in total. The fourth-order valence-corrected chi connectivity index (χ4v) is 3.73. The van der Waals surface area contributed by atoms with Crippen LogP contribution in [0.5, 0.6) is 0 Å². The molecule has 0 unspecified atom stereocenters. The van der Waals surface area contributed by atoms with Crippen LogP contribution in [0.3, 0.4) is 0 Å². The van der Waals surface area contributed by atoms with Crippen LogP contribution in [0.2, 0.25) is 0 Å². The van der Waals surface area contributed by atoms with E-state index in [-0.39, 0.29) is 23.6 Å². The molecule has 1 aliphatic heterocycles. The zero-order chi connectivity index (χ0) is 22.5. The molecule has 0 N–H and O–H groups in total. The molecule has 0 aromatic carbocycles. The van der Waals surface area contributed by atoms with Crippen LogP contribution in [0.25, 0.3) is 0 Å². The summed E-state index contributed by atoms with van der Waals surface area (Å²) in [5.74, 6) is 0.274. The Morgan fingerprint density at radius 1 is 0.433 bits per heavy atom. The monoisotopic (exact) mass is 424 g/mol. The molecule has 8 heteroatoms. The zero-order valence-corrected chi connectivity index (χ0v) is 19.3. The summed E-state index contributed by atoms with van der Waals surface area (Å²) in [7, 11) is 0. The van der Waals surface area contributed by atoms with Crippen LogP contribution in [0.4, 0.5) is 0 Å². The van der Waals surface area contributed by atoms with Crippen LogP contribution in [-0.2, 0) is 19.2 Å². The molecule has 1 fully saturated rings. The normalized spacial score (nSPS) is 17.5. The lowest BCUT2D eigenvalue weighted by molar-refractivity contribution is -0.136. The van der Waals surface area contributed by atoms with Crippen molar-refractivity contribution in [3.63, 3.8) is 0 Å². The quantitative estimate of drug-likeness (QED) is 0.688. The lowest BCUT2D eigenvalue weighted by Gasteiger charge is -2.32. The van der Waals surface area contributed by atoms with Crippen molar-refractivity contribution >= 4 is 23.6 Å². The van der Waals surface area contributed by atoms with Crippen molar-refractivity contribution in [2.24, 2.45) is 0 Å². The highest BCUT2D eigenvalue weighted by Gasteiger charge is 2.21. The van der Waals surface area contributed by atoms with Gasteiger partial charge in [0.2, 0.25) is 23.6 Å². The summed E-state index contributed by atoms with van der Waals surface area (Å²) in [6.45, 7) is 11.6. The van der Waals surface area contributed by atoms with Gasteiger partial charge in [-0.2, -0.15) is 0 Å². The first-order chi connectivity index (χ1) is 14.4. The standard InChI is InChI=1S/C22H40N4O4/c1-5-19(27)23-11-9-12-25(21(29)7-3)17-18-26(22(30)8-4)14-10-13-24(16-15-23)20(28)6-2/h5-18H2,1-4H3. The van der Waals surface area contributed by atoms with Crippen LogP contribution in [0.15, 0.2) is 0 Å². The number of carbonyl (C=O) groups excluding carboxylic acids is 4. The Labute approximate surface area is 181 Å². The molecule has 0 aromatic heterocycles. The Kier molecular flexibility index (Phi) is 12.1. The first kappa shape index (κ1) is 25.9. The Morgan fingerprint density at radius 2 is 0.633 bits per heavy atom. The van der Waals surface area contributed by atoms with Crippen molar-refractivity contribution in [2.75, 3.05) is 52.4 Å². The minimum atomic E-state index is 0.0686. The summed E-state index contributed by atoms with van der Waals surface area (Å²) in [5.41, 5.74) is 0. The lowest BCUT2D eigenvalue weighted by Crippen LogP contribution is -2.45. The van der Waals surface area contributed by atoms with Crippen LogP contribution in [0.1, 0.15) is 66.2 Å². The Morgan fingerprint density at radius 3 is 0.800 bits per heavy atom. The van der Waals surface area contributed by atoms with Gasteiger partial charge in [0.15, 0.2) is 0 Å². The van der Waals surface area contributed by atoms with Crippen LogP contribution in [-0.4, -0.2) is 95.6 Å². The van der Waals surface area contributed by atoms with Crippen molar-refractivity contribution in [1.29, 1.82) is 0 Å². The zero-order valence-electron chi connectivity index (χ0n) is 19.3. The van der Waals surface area contributed by atoms with Crippen LogP contribution in [0, 0.1) is 0 Å². The van der Waals surface area contributed by atoms with E-state index >= 15 is 0 Å². The summed E-state index contributed by atoms with van der Waals surface area (Å²) < 4.78 is 0. The summed E-state index contributed by atoms with van der Waals surface area (Å²) >= 11 is 0. The number of nitrogens with zero attached hydrogens (tertiary/aromatic N) is 4. The van der Waals surface area contributed by atoms with Gasteiger partial charge in [0.1, 0.15) is 0 Å². The Bertz CT molecular complexity index is 483. The average molecular weight is 425 g/mol. The molecule has 172 valence electrons. The molecule has 0 bridgehead atoms. The predicted octanol–water partition coefficient (Wildman–Crippen LogP) is 1.73. The highest BCUT2D eigenvalue weighted by Crippen LogP contribution is 2.07. The van der Waals surface area contributed by atoms with E-state index in [9.17, 15) is 19.2 Å². The van der Waals surface area contributed by atoms with E-state index in [0.717, 1.165) is 0 Å². The predicted molar refractivity (Wildman–Crippen MR) is 117 cm³/mol. The molecular weight excluding hydrogens is 384 g/mol. The summed E-state index contributed by atoms with van der Waals surface area (Å²) in [6.07, 6.45) is 3.06. The van der Waals surface area contributed by atoms with Crippen molar-refractivity contribution < 1.29 is 19.2 Å². The Hall–Kier alpha value is -2.12. The molecule has 0 atom stereocenters. The van der Waals surface area contributed by atoms with Gasteiger partial charge in [0.25, 0.3) is 0 Å². The molecule has 0 aliphatic carbocycles. The molecule has 1 saturated heterocycles. The number of amides is 4.